The van der Waals surface area contributed by atoms with Crippen LogP contribution in [0.2, 0.25) is 0 Å². The van der Waals surface area contributed by atoms with Crippen molar-refractivity contribution < 1.29 is 14.3 Å². The molecule has 0 aromatic carbocycles. The molecule has 24 heavy (non-hydrogen) atoms. The van der Waals surface area contributed by atoms with Crippen LogP contribution in [0.3, 0.4) is 0 Å². The minimum atomic E-state index is -0.193. The van der Waals surface area contributed by atoms with Gasteiger partial charge in [-0.05, 0) is 44.7 Å². The first-order valence-electron chi connectivity index (χ1n) is 9.59. The van der Waals surface area contributed by atoms with E-state index in [0.717, 1.165) is 6.54 Å². The van der Waals surface area contributed by atoms with E-state index < -0.39 is 0 Å². The van der Waals surface area contributed by atoms with Crippen LogP contribution in [0.25, 0.3) is 0 Å². The fraction of sp³-hybridized carbons (Fsp3) is 0.850. The molecule has 3 rings (SSSR count). The van der Waals surface area contributed by atoms with Gasteiger partial charge in [0, 0.05) is 24.8 Å². The van der Waals surface area contributed by atoms with Crippen molar-refractivity contribution in [1.29, 1.82) is 0 Å². The number of carbonyl (C=O) groups is 1. The van der Waals surface area contributed by atoms with Gasteiger partial charge < -0.3 is 14.4 Å². The van der Waals surface area contributed by atoms with E-state index in [0.29, 0.717) is 31.0 Å². The second kappa shape index (κ2) is 7.17. The van der Waals surface area contributed by atoms with Crippen molar-refractivity contribution in [2.45, 2.75) is 53.1 Å². The molecule has 5 atom stereocenters. The number of hydrogen-bond donors (Lipinski definition) is 0. The first kappa shape index (κ1) is 17.9. The number of likely N-dealkylation sites (tertiary alicyclic amines) is 1. The van der Waals surface area contributed by atoms with Crippen LogP contribution in [0.4, 0.5) is 0 Å². The first-order valence-corrected chi connectivity index (χ1v) is 9.59. The lowest BCUT2D eigenvalue weighted by Gasteiger charge is -2.55. The van der Waals surface area contributed by atoms with Crippen molar-refractivity contribution in [2.24, 2.45) is 23.2 Å². The maximum Gasteiger partial charge on any atom is 0.302 e. The smallest absolute Gasteiger partial charge is 0.302 e. The van der Waals surface area contributed by atoms with Gasteiger partial charge in [-0.2, -0.15) is 0 Å². The van der Waals surface area contributed by atoms with Gasteiger partial charge in [-0.3, -0.25) is 4.79 Å². The molecule has 2 saturated heterocycles. The van der Waals surface area contributed by atoms with Crippen molar-refractivity contribution >= 4 is 5.97 Å². The Hall–Kier alpha value is -0.870. The van der Waals surface area contributed by atoms with Gasteiger partial charge in [-0.25, -0.2) is 0 Å². The molecule has 0 radical (unpaired) electrons. The number of fused-ring (bicyclic) bond motifs is 2. The lowest BCUT2D eigenvalue weighted by molar-refractivity contribution is -0.182. The molecule has 4 nitrogen and oxygen atoms in total. The highest BCUT2D eigenvalue weighted by atomic mass is 16.5. The molecule has 3 aliphatic rings. The molecule has 1 aliphatic carbocycles. The standard InChI is InChI=1S/C20H33NO3/c1-14-10-15(2)20(12-23-17(4)22)13-24-18(19(14)16(20)3)11-21-8-6-5-7-9-21/h10,15-16,18-19H,5-9,11-13H2,1-4H3/t15-,16-,18+,19-,20+/m0/s1. The van der Waals surface area contributed by atoms with Gasteiger partial charge in [0.25, 0.3) is 0 Å². The van der Waals surface area contributed by atoms with Crippen LogP contribution < -0.4 is 0 Å². The summed E-state index contributed by atoms with van der Waals surface area (Å²) < 4.78 is 11.9. The highest BCUT2D eigenvalue weighted by Crippen LogP contribution is 2.52. The lowest BCUT2D eigenvalue weighted by Crippen LogP contribution is -2.58. The van der Waals surface area contributed by atoms with Gasteiger partial charge in [0.2, 0.25) is 0 Å². The maximum absolute atomic E-state index is 11.4. The van der Waals surface area contributed by atoms with Gasteiger partial charge in [0.05, 0.1) is 19.3 Å². The predicted molar refractivity (Wildman–Crippen MR) is 94.7 cm³/mol. The molecule has 0 unspecified atom stereocenters. The number of hydrogen-bond acceptors (Lipinski definition) is 4. The van der Waals surface area contributed by atoms with E-state index in [2.05, 4.69) is 31.7 Å². The molecule has 136 valence electrons. The van der Waals surface area contributed by atoms with E-state index >= 15 is 0 Å². The van der Waals surface area contributed by atoms with Crippen molar-refractivity contribution in [2.75, 3.05) is 32.8 Å². The van der Waals surface area contributed by atoms with E-state index in [9.17, 15) is 4.79 Å². The van der Waals surface area contributed by atoms with Gasteiger partial charge in [0.15, 0.2) is 0 Å². The molecule has 2 heterocycles. The third kappa shape index (κ3) is 3.28. The maximum atomic E-state index is 11.4. The fourth-order valence-corrected chi connectivity index (χ4v) is 5.19. The first-order chi connectivity index (χ1) is 11.4. The Labute approximate surface area is 146 Å². The summed E-state index contributed by atoms with van der Waals surface area (Å²) >= 11 is 0. The van der Waals surface area contributed by atoms with Crippen LogP contribution >= 0.6 is 0 Å². The average molecular weight is 335 g/mol. The molecule has 0 aromatic heterocycles. The molecule has 0 aromatic rings. The third-order valence-electron chi connectivity index (χ3n) is 6.79. The van der Waals surface area contributed by atoms with Crippen LogP contribution in [0.15, 0.2) is 11.6 Å². The molecule has 2 fully saturated rings. The van der Waals surface area contributed by atoms with Gasteiger partial charge in [-0.1, -0.05) is 31.9 Å². The second-order valence-corrected chi connectivity index (χ2v) is 8.24. The molecular weight excluding hydrogens is 302 g/mol. The number of allylic oxidation sites excluding steroid dienone is 1. The number of esters is 1. The summed E-state index contributed by atoms with van der Waals surface area (Å²) in [4.78, 5) is 13.9. The monoisotopic (exact) mass is 335 g/mol. The quantitative estimate of drug-likeness (QED) is 0.584. The zero-order valence-corrected chi connectivity index (χ0v) is 15.7. The lowest BCUT2D eigenvalue weighted by atomic mass is 9.56. The molecule has 2 aliphatic heterocycles. The number of carbonyl (C=O) groups excluding carboxylic acids is 1. The minimum absolute atomic E-state index is 0.0752. The van der Waals surface area contributed by atoms with E-state index in [1.165, 1.54) is 44.8 Å². The van der Waals surface area contributed by atoms with Crippen molar-refractivity contribution in [3.63, 3.8) is 0 Å². The van der Waals surface area contributed by atoms with Crippen LogP contribution in [0.5, 0.6) is 0 Å². The SMILES string of the molecule is CC(=O)OC[C@@]12CO[C@H](CN3CCCCC3)[C@@H](C(C)=C[C@@H]1C)[C@@H]2C. The summed E-state index contributed by atoms with van der Waals surface area (Å²) in [5.74, 6) is 1.09. The zero-order chi connectivity index (χ0) is 17.3. The summed E-state index contributed by atoms with van der Waals surface area (Å²) in [6.07, 6.45) is 6.67. The molecule has 0 spiro atoms. The van der Waals surface area contributed by atoms with Crippen LogP contribution in [-0.4, -0.2) is 49.8 Å². The predicted octanol–water partition coefficient (Wildman–Crippen LogP) is 3.27. The average Bonchev–Trinajstić information content (AvgIpc) is 2.54. The van der Waals surface area contributed by atoms with E-state index in [1.54, 1.807) is 0 Å². The van der Waals surface area contributed by atoms with Crippen molar-refractivity contribution in [3.05, 3.63) is 11.6 Å². The van der Waals surface area contributed by atoms with Crippen molar-refractivity contribution in [1.82, 2.24) is 4.90 Å². The van der Waals surface area contributed by atoms with E-state index in [1.807, 2.05) is 0 Å². The molecular formula is C20H33NO3. The van der Waals surface area contributed by atoms with Crippen LogP contribution in [-0.2, 0) is 14.3 Å². The van der Waals surface area contributed by atoms with E-state index in [4.69, 9.17) is 9.47 Å². The minimum Gasteiger partial charge on any atom is -0.465 e. The summed E-state index contributed by atoms with van der Waals surface area (Å²) in [7, 11) is 0. The number of ether oxygens (including phenoxy) is 2. The Morgan fingerprint density at radius 2 is 2.04 bits per heavy atom. The third-order valence-corrected chi connectivity index (χ3v) is 6.79. The Balaban J connectivity index is 1.77. The molecule has 0 saturated carbocycles. The molecule has 4 heteroatoms. The summed E-state index contributed by atoms with van der Waals surface area (Å²) in [6.45, 7) is 13.0. The largest absolute Gasteiger partial charge is 0.465 e. The second-order valence-electron chi connectivity index (χ2n) is 8.24. The highest BCUT2D eigenvalue weighted by molar-refractivity contribution is 5.65. The van der Waals surface area contributed by atoms with Gasteiger partial charge >= 0.3 is 5.97 Å². The Kier molecular flexibility index (Phi) is 5.36. The Bertz CT molecular complexity index is 497. The molecule has 2 bridgehead atoms. The number of nitrogens with zero attached hydrogens (tertiary/aromatic N) is 1. The zero-order valence-electron chi connectivity index (χ0n) is 15.7. The van der Waals surface area contributed by atoms with Gasteiger partial charge in [-0.15, -0.1) is 0 Å². The summed E-state index contributed by atoms with van der Waals surface area (Å²) in [6, 6.07) is 0. The van der Waals surface area contributed by atoms with E-state index in [-0.39, 0.29) is 17.5 Å². The Morgan fingerprint density at radius 3 is 2.71 bits per heavy atom. The fourth-order valence-electron chi connectivity index (χ4n) is 5.19. The van der Waals surface area contributed by atoms with Crippen molar-refractivity contribution in [3.8, 4) is 0 Å². The highest BCUT2D eigenvalue weighted by Gasteiger charge is 2.54. The normalized spacial score (nSPS) is 40.1. The Morgan fingerprint density at radius 1 is 1.33 bits per heavy atom. The van der Waals surface area contributed by atoms with Crippen LogP contribution in [0, 0.1) is 23.2 Å². The number of piperidine rings is 1. The number of rotatable bonds is 4. The molecule has 0 amide bonds. The summed E-state index contributed by atoms with van der Waals surface area (Å²) in [5, 5.41) is 0. The topological polar surface area (TPSA) is 38.8 Å². The van der Waals surface area contributed by atoms with Crippen LogP contribution in [0.1, 0.15) is 47.0 Å². The summed E-state index contributed by atoms with van der Waals surface area (Å²) in [5.41, 5.74) is 1.38. The molecule has 0 N–H and O–H groups in total. The van der Waals surface area contributed by atoms with Gasteiger partial charge in [0.1, 0.15) is 0 Å².